The van der Waals surface area contributed by atoms with Crippen LogP contribution in [0, 0.1) is 5.92 Å². The third-order valence-electron chi connectivity index (χ3n) is 4.26. The molecule has 1 aliphatic heterocycles. The zero-order valence-electron chi connectivity index (χ0n) is 12.6. The number of nitrogens with two attached hydrogens (primary N) is 1. The number of aromatic nitrogens is 1. The van der Waals surface area contributed by atoms with Gasteiger partial charge in [-0.3, -0.25) is 4.79 Å². The molecule has 2 atom stereocenters. The molecule has 6 heteroatoms. The molecule has 0 saturated carbocycles. The summed E-state index contributed by atoms with van der Waals surface area (Å²) >= 11 is 5.13. The van der Waals surface area contributed by atoms with E-state index in [0.29, 0.717) is 31.3 Å². The number of benzene rings is 1. The van der Waals surface area contributed by atoms with Crippen molar-refractivity contribution in [2.75, 3.05) is 13.1 Å². The van der Waals surface area contributed by atoms with E-state index in [2.05, 4.69) is 33.9 Å². The molecule has 1 aromatic heterocycles. The second-order valence-electron chi connectivity index (χ2n) is 5.95. The molecule has 0 bridgehead atoms. The summed E-state index contributed by atoms with van der Waals surface area (Å²) in [5.74, 6) is 0.683. The molecular formula is C16H20BrN3OS. The van der Waals surface area contributed by atoms with Gasteiger partial charge in [0.05, 0.1) is 15.2 Å². The molecule has 2 aromatic rings. The van der Waals surface area contributed by atoms with Crippen LogP contribution in [0.25, 0.3) is 10.2 Å². The number of thiazole rings is 1. The van der Waals surface area contributed by atoms with Crippen LogP contribution >= 0.6 is 27.3 Å². The molecule has 2 unspecified atom stereocenters. The zero-order valence-corrected chi connectivity index (χ0v) is 15.0. The molecule has 0 spiro atoms. The first-order valence-corrected chi connectivity index (χ1v) is 9.22. The van der Waals surface area contributed by atoms with Crippen LogP contribution in [0.3, 0.4) is 0 Å². The highest BCUT2D eigenvalue weighted by Crippen LogP contribution is 2.27. The number of halogens is 1. The second-order valence-corrected chi connectivity index (χ2v) is 7.98. The van der Waals surface area contributed by atoms with Gasteiger partial charge < -0.3 is 10.6 Å². The number of fused-ring (bicyclic) bond motifs is 1. The Kier molecular flexibility index (Phi) is 4.80. The first-order chi connectivity index (χ1) is 10.6. The van der Waals surface area contributed by atoms with Gasteiger partial charge in [0.25, 0.3) is 0 Å². The van der Waals surface area contributed by atoms with Gasteiger partial charge in [-0.25, -0.2) is 4.98 Å². The molecule has 3 rings (SSSR count). The van der Waals surface area contributed by atoms with Gasteiger partial charge >= 0.3 is 0 Å². The molecule has 1 amide bonds. The molecule has 2 heterocycles. The fourth-order valence-electron chi connectivity index (χ4n) is 3.07. The largest absolute Gasteiger partial charge is 0.340 e. The lowest BCUT2D eigenvalue weighted by Crippen LogP contribution is -2.34. The van der Waals surface area contributed by atoms with Gasteiger partial charge in [-0.2, -0.15) is 0 Å². The van der Waals surface area contributed by atoms with Gasteiger partial charge in [0.15, 0.2) is 0 Å². The Bertz CT molecular complexity index is 687. The van der Waals surface area contributed by atoms with Crippen molar-refractivity contribution in [3.8, 4) is 0 Å². The highest BCUT2D eigenvalue weighted by atomic mass is 79.9. The quantitative estimate of drug-likeness (QED) is 0.884. The van der Waals surface area contributed by atoms with E-state index in [9.17, 15) is 4.79 Å². The predicted octanol–water partition coefficient (Wildman–Crippen LogP) is 3.19. The lowest BCUT2D eigenvalue weighted by atomic mass is 10.1. The van der Waals surface area contributed by atoms with Crippen molar-refractivity contribution in [3.63, 3.8) is 0 Å². The van der Waals surface area contributed by atoms with Crippen LogP contribution in [0.15, 0.2) is 22.7 Å². The number of aryl methyl sites for hydroxylation is 1. The normalized spacial score (nSPS) is 21.7. The van der Waals surface area contributed by atoms with Crippen LogP contribution in [0.4, 0.5) is 0 Å². The van der Waals surface area contributed by atoms with Crippen LogP contribution in [0.5, 0.6) is 0 Å². The van der Waals surface area contributed by atoms with Gasteiger partial charge in [0.1, 0.15) is 0 Å². The third-order valence-corrected chi connectivity index (χ3v) is 5.85. The van der Waals surface area contributed by atoms with Crippen LogP contribution < -0.4 is 5.73 Å². The van der Waals surface area contributed by atoms with Gasteiger partial charge in [0, 0.05) is 29.9 Å². The average Bonchev–Trinajstić information content (AvgIpc) is 3.07. The topological polar surface area (TPSA) is 59.2 Å². The van der Waals surface area contributed by atoms with E-state index in [1.807, 2.05) is 17.0 Å². The third kappa shape index (κ3) is 3.34. The van der Waals surface area contributed by atoms with Crippen molar-refractivity contribution in [1.29, 1.82) is 0 Å². The maximum Gasteiger partial charge on any atom is 0.223 e. The highest BCUT2D eigenvalue weighted by molar-refractivity contribution is 9.10. The van der Waals surface area contributed by atoms with E-state index in [1.54, 1.807) is 11.3 Å². The summed E-state index contributed by atoms with van der Waals surface area (Å²) in [6.45, 7) is 3.59. The summed E-state index contributed by atoms with van der Waals surface area (Å²) in [6, 6.07) is 6.42. The molecule has 2 N–H and O–H groups in total. The summed E-state index contributed by atoms with van der Waals surface area (Å²) in [5, 5.41) is 1.03. The van der Waals surface area contributed by atoms with E-state index in [-0.39, 0.29) is 5.91 Å². The number of nitrogens with zero attached hydrogens (tertiary/aromatic N) is 2. The lowest BCUT2D eigenvalue weighted by Gasteiger charge is -2.21. The van der Waals surface area contributed by atoms with Crippen molar-refractivity contribution in [2.24, 2.45) is 11.7 Å². The van der Waals surface area contributed by atoms with E-state index in [1.165, 1.54) is 4.70 Å². The minimum absolute atomic E-state index is 0.226. The lowest BCUT2D eigenvalue weighted by molar-refractivity contribution is -0.131. The van der Waals surface area contributed by atoms with Crippen molar-refractivity contribution in [1.82, 2.24) is 9.88 Å². The summed E-state index contributed by atoms with van der Waals surface area (Å²) in [4.78, 5) is 19.0. The Morgan fingerprint density at radius 1 is 1.55 bits per heavy atom. The van der Waals surface area contributed by atoms with E-state index >= 15 is 0 Å². The first-order valence-electron chi connectivity index (χ1n) is 7.61. The first kappa shape index (κ1) is 15.9. The van der Waals surface area contributed by atoms with Crippen molar-refractivity contribution >= 4 is 43.4 Å². The Morgan fingerprint density at radius 2 is 2.36 bits per heavy atom. The van der Waals surface area contributed by atoms with Gasteiger partial charge in [-0.05, 0) is 44.0 Å². The van der Waals surface area contributed by atoms with Gasteiger partial charge in [0.2, 0.25) is 5.91 Å². The second kappa shape index (κ2) is 6.64. The molecule has 1 aliphatic rings. The Morgan fingerprint density at radius 3 is 3.09 bits per heavy atom. The molecule has 0 aliphatic carbocycles. The minimum atomic E-state index is 0.226. The number of rotatable bonds is 4. The summed E-state index contributed by atoms with van der Waals surface area (Å²) < 4.78 is 2.20. The Balaban J connectivity index is 1.62. The number of carbonyl (C=O) groups is 1. The maximum absolute atomic E-state index is 12.4. The molecule has 4 nitrogen and oxygen atoms in total. The van der Waals surface area contributed by atoms with Crippen LogP contribution in [-0.4, -0.2) is 34.9 Å². The standard InChI is InChI=1S/C16H20BrN3OS/c1-10-6-11(8-18)9-20(10)16(21)5-4-15-19-13-7-12(17)2-3-14(13)22-15/h2-3,7,10-11H,4-6,8-9,18H2,1H3. The van der Waals surface area contributed by atoms with E-state index in [0.717, 1.165) is 28.0 Å². The predicted molar refractivity (Wildman–Crippen MR) is 94.0 cm³/mol. The number of hydrogen-bond acceptors (Lipinski definition) is 4. The number of likely N-dealkylation sites (tertiary alicyclic amines) is 1. The zero-order chi connectivity index (χ0) is 15.7. The van der Waals surface area contributed by atoms with E-state index in [4.69, 9.17) is 5.73 Å². The molecule has 1 aromatic carbocycles. The van der Waals surface area contributed by atoms with Crippen LogP contribution in [0.1, 0.15) is 24.8 Å². The minimum Gasteiger partial charge on any atom is -0.340 e. The van der Waals surface area contributed by atoms with E-state index < -0.39 is 0 Å². The molecular weight excluding hydrogens is 362 g/mol. The van der Waals surface area contributed by atoms with Crippen molar-refractivity contribution in [3.05, 3.63) is 27.7 Å². The van der Waals surface area contributed by atoms with Gasteiger partial charge in [-0.15, -0.1) is 11.3 Å². The summed E-state index contributed by atoms with van der Waals surface area (Å²) in [6.07, 6.45) is 2.27. The Labute approximate surface area is 142 Å². The SMILES string of the molecule is CC1CC(CN)CN1C(=O)CCc1nc2cc(Br)ccc2s1. The van der Waals surface area contributed by atoms with Gasteiger partial charge in [-0.1, -0.05) is 15.9 Å². The van der Waals surface area contributed by atoms with Crippen molar-refractivity contribution in [2.45, 2.75) is 32.2 Å². The number of amides is 1. The smallest absolute Gasteiger partial charge is 0.223 e. The number of hydrogen-bond donors (Lipinski definition) is 1. The van der Waals surface area contributed by atoms with Crippen LogP contribution in [-0.2, 0) is 11.2 Å². The molecule has 1 saturated heterocycles. The average molecular weight is 382 g/mol. The maximum atomic E-state index is 12.4. The molecule has 22 heavy (non-hydrogen) atoms. The molecule has 0 radical (unpaired) electrons. The molecule has 1 fully saturated rings. The highest BCUT2D eigenvalue weighted by Gasteiger charge is 2.31. The summed E-state index contributed by atoms with van der Waals surface area (Å²) in [5.41, 5.74) is 6.73. The Hall–Kier alpha value is -0.980. The molecule has 118 valence electrons. The fraction of sp³-hybridized carbons (Fsp3) is 0.500. The summed E-state index contributed by atoms with van der Waals surface area (Å²) in [7, 11) is 0. The fourth-order valence-corrected chi connectivity index (χ4v) is 4.37. The monoisotopic (exact) mass is 381 g/mol. The van der Waals surface area contributed by atoms with Crippen molar-refractivity contribution < 1.29 is 4.79 Å². The van der Waals surface area contributed by atoms with Crippen LogP contribution in [0.2, 0.25) is 0 Å². The number of carbonyl (C=O) groups excluding carboxylic acids is 1.